The van der Waals surface area contributed by atoms with E-state index in [2.05, 4.69) is 99.6 Å². The molecule has 0 atom stereocenters. The molecule has 0 radical (unpaired) electrons. The Morgan fingerprint density at radius 3 is 1.92 bits per heavy atom. The molecule has 0 aromatic heterocycles. The molecule has 2 saturated heterocycles. The van der Waals surface area contributed by atoms with E-state index in [4.69, 9.17) is 0 Å². The number of fused-ring (bicyclic) bond motifs is 1. The summed E-state index contributed by atoms with van der Waals surface area (Å²) in [5.74, 6) is 0. The predicted molar refractivity (Wildman–Crippen MR) is 156 cm³/mol. The predicted octanol–water partition coefficient (Wildman–Crippen LogP) is 6.80. The van der Waals surface area contributed by atoms with Crippen LogP contribution in [0.4, 0.5) is 5.69 Å². The van der Waals surface area contributed by atoms with E-state index < -0.39 is 0 Å². The van der Waals surface area contributed by atoms with Crippen molar-refractivity contribution in [1.82, 2.24) is 9.80 Å². The van der Waals surface area contributed by atoms with Crippen LogP contribution >= 0.6 is 0 Å². The molecule has 2 fully saturated rings. The molecule has 192 valence electrons. The Morgan fingerprint density at radius 1 is 0.622 bits per heavy atom. The van der Waals surface area contributed by atoms with Crippen molar-refractivity contribution in [3.63, 3.8) is 0 Å². The zero-order valence-electron chi connectivity index (χ0n) is 22.2. The molecule has 0 amide bonds. The molecule has 3 aliphatic rings. The molecular weight excluding hydrogens is 450 g/mol. The van der Waals surface area contributed by atoms with Gasteiger partial charge in [0, 0.05) is 51.5 Å². The van der Waals surface area contributed by atoms with E-state index in [1.807, 2.05) is 0 Å². The van der Waals surface area contributed by atoms with Crippen LogP contribution in [0.15, 0.2) is 84.4 Å². The molecule has 37 heavy (non-hydrogen) atoms. The number of rotatable bonds is 6. The zero-order valence-corrected chi connectivity index (χ0v) is 22.2. The summed E-state index contributed by atoms with van der Waals surface area (Å²) in [7, 11) is 0. The van der Waals surface area contributed by atoms with Gasteiger partial charge in [0.25, 0.3) is 0 Å². The first-order valence-corrected chi connectivity index (χ1v) is 14.5. The minimum atomic E-state index is 0.337. The molecule has 0 N–H and O–H groups in total. The highest BCUT2D eigenvalue weighted by molar-refractivity contribution is 5.64. The average molecular weight is 492 g/mol. The Morgan fingerprint density at radius 2 is 1.27 bits per heavy atom. The van der Waals surface area contributed by atoms with Crippen molar-refractivity contribution < 1.29 is 0 Å². The number of hydrogen-bond acceptors (Lipinski definition) is 3. The SMILES string of the molecule is C1=C(CN2CCN(C(c3ccccc3)c3ccccc3)CC2)CCc2cc(N3CCCCCC3)ccc21. The lowest BCUT2D eigenvalue weighted by Gasteiger charge is -2.40. The van der Waals surface area contributed by atoms with E-state index in [0.29, 0.717) is 6.04 Å². The van der Waals surface area contributed by atoms with Crippen molar-refractivity contribution in [2.24, 2.45) is 0 Å². The lowest BCUT2D eigenvalue weighted by Crippen LogP contribution is -2.48. The molecule has 3 heteroatoms. The van der Waals surface area contributed by atoms with E-state index >= 15 is 0 Å². The first-order valence-electron chi connectivity index (χ1n) is 14.5. The Kier molecular flexibility index (Phi) is 7.71. The van der Waals surface area contributed by atoms with Gasteiger partial charge in [-0.1, -0.05) is 91.2 Å². The molecular formula is C34H41N3. The van der Waals surface area contributed by atoms with E-state index in [9.17, 15) is 0 Å². The van der Waals surface area contributed by atoms with Gasteiger partial charge in [0.15, 0.2) is 0 Å². The van der Waals surface area contributed by atoms with Crippen molar-refractivity contribution in [3.05, 3.63) is 107 Å². The largest absolute Gasteiger partial charge is 0.372 e. The van der Waals surface area contributed by atoms with Crippen LogP contribution in [0.1, 0.15) is 60.4 Å². The summed E-state index contributed by atoms with van der Waals surface area (Å²) in [6.07, 6.45) is 10.3. The molecule has 0 saturated carbocycles. The Balaban J connectivity index is 1.09. The number of aryl methyl sites for hydroxylation is 1. The third-order valence-corrected chi connectivity index (χ3v) is 8.60. The normalized spacial score (nSPS) is 19.4. The maximum absolute atomic E-state index is 2.68. The summed E-state index contributed by atoms with van der Waals surface area (Å²) >= 11 is 0. The molecule has 3 aromatic rings. The highest BCUT2D eigenvalue weighted by Gasteiger charge is 2.27. The highest BCUT2D eigenvalue weighted by Crippen LogP contribution is 2.32. The zero-order chi connectivity index (χ0) is 24.9. The minimum absolute atomic E-state index is 0.337. The summed E-state index contributed by atoms with van der Waals surface area (Å²) in [6.45, 7) is 8.04. The molecule has 1 aliphatic carbocycles. The van der Waals surface area contributed by atoms with Crippen molar-refractivity contribution in [3.8, 4) is 0 Å². The molecule has 0 unspecified atom stereocenters. The number of benzene rings is 3. The fraction of sp³-hybridized carbons (Fsp3) is 0.412. The van der Waals surface area contributed by atoms with Gasteiger partial charge in [0.2, 0.25) is 0 Å². The molecule has 0 bridgehead atoms. The third kappa shape index (κ3) is 5.84. The van der Waals surface area contributed by atoms with Crippen LogP contribution in [0.3, 0.4) is 0 Å². The Hall–Kier alpha value is -2.88. The van der Waals surface area contributed by atoms with Gasteiger partial charge in [0.05, 0.1) is 6.04 Å². The lowest BCUT2D eigenvalue weighted by atomic mass is 9.91. The van der Waals surface area contributed by atoms with Crippen molar-refractivity contribution in [2.75, 3.05) is 50.7 Å². The number of piperazine rings is 1. The van der Waals surface area contributed by atoms with Crippen molar-refractivity contribution in [2.45, 2.75) is 44.6 Å². The van der Waals surface area contributed by atoms with Gasteiger partial charge in [-0.15, -0.1) is 0 Å². The van der Waals surface area contributed by atoms with Gasteiger partial charge >= 0.3 is 0 Å². The monoisotopic (exact) mass is 491 g/mol. The van der Waals surface area contributed by atoms with Crippen LogP contribution in [0, 0.1) is 0 Å². The third-order valence-electron chi connectivity index (χ3n) is 8.60. The van der Waals surface area contributed by atoms with E-state index in [0.717, 1.165) is 32.7 Å². The van der Waals surface area contributed by atoms with Gasteiger partial charge < -0.3 is 4.90 Å². The second-order valence-electron chi connectivity index (χ2n) is 11.1. The smallest absolute Gasteiger partial charge is 0.0602 e. The topological polar surface area (TPSA) is 9.72 Å². The Bertz CT molecular complexity index is 1130. The fourth-order valence-corrected chi connectivity index (χ4v) is 6.54. The summed E-state index contributed by atoms with van der Waals surface area (Å²) in [4.78, 5) is 7.96. The molecule has 0 spiro atoms. The first-order chi connectivity index (χ1) is 18.3. The second-order valence-corrected chi connectivity index (χ2v) is 11.1. The van der Waals surface area contributed by atoms with Crippen molar-refractivity contribution in [1.29, 1.82) is 0 Å². The number of anilines is 1. The number of hydrogen-bond donors (Lipinski definition) is 0. The van der Waals surface area contributed by atoms with Gasteiger partial charge in [-0.3, -0.25) is 9.80 Å². The average Bonchev–Trinajstić information content (AvgIpc) is 3.25. The molecule has 2 heterocycles. The number of nitrogens with zero attached hydrogens (tertiary/aromatic N) is 3. The fourth-order valence-electron chi connectivity index (χ4n) is 6.54. The second kappa shape index (κ2) is 11.7. The van der Waals surface area contributed by atoms with Gasteiger partial charge in [-0.25, -0.2) is 0 Å². The maximum atomic E-state index is 2.68. The Labute approximate surface area is 223 Å². The van der Waals surface area contributed by atoms with Crippen molar-refractivity contribution >= 4 is 11.8 Å². The van der Waals surface area contributed by atoms with Crippen LogP contribution in [-0.2, 0) is 6.42 Å². The molecule has 3 nitrogen and oxygen atoms in total. The van der Waals surface area contributed by atoms with Gasteiger partial charge in [-0.2, -0.15) is 0 Å². The van der Waals surface area contributed by atoms with E-state index in [-0.39, 0.29) is 0 Å². The van der Waals surface area contributed by atoms with Crippen LogP contribution in [0.2, 0.25) is 0 Å². The van der Waals surface area contributed by atoms with E-state index in [1.54, 1.807) is 11.1 Å². The summed E-state index contributed by atoms with van der Waals surface area (Å²) < 4.78 is 0. The minimum Gasteiger partial charge on any atom is -0.372 e. The van der Waals surface area contributed by atoms with Crippen LogP contribution in [0.5, 0.6) is 0 Å². The summed E-state index contributed by atoms with van der Waals surface area (Å²) in [6, 6.07) is 29.6. The van der Waals surface area contributed by atoms with Gasteiger partial charge in [0.1, 0.15) is 0 Å². The maximum Gasteiger partial charge on any atom is 0.0602 e. The summed E-state index contributed by atoms with van der Waals surface area (Å²) in [5.41, 5.74) is 8.84. The van der Waals surface area contributed by atoms with Gasteiger partial charge in [-0.05, 0) is 60.1 Å². The van der Waals surface area contributed by atoms with E-state index in [1.165, 1.54) is 74.0 Å². The highest BCUT2D eigenvalue weighted by atomic mass is 15.3. The summed E-state index contributed by atoms with van der Waals surface area (Å²) in [5, 5.41) is 0. The van der Waals surface area contributed by atoms with Crippen LogP contribution in [0.25, 0.3) is 6.08 Å². The van der Waals surface area contributed by atoms with Crippen LogP contribution in [-0.4, -0.2) is 55.6 Å². The molecule has 6 rings (SSSR count). The quantitative estimate of drug-likeness (QED) is 0.375. The molecule has 3 aromatic carbocycles. The molecule has 2 aliphatic heterocycles. The standard InChI is InChI=1S/C34H41N3/c1-2-10-20-36(19-9-1)33-18-17-31-25-28(15-16-32(31)26-33)27-35-21-23-37(24-22-35)34(29-11-5-3-6-12-29)30-13-7-4-8-14-30/h3-8,11-14,17-18,25-26,34H,1-2,9-10,15-16,19-24,27H2. The van der Waals surface area contributed by atoms with Crippen LogP contribution < -0.4 is 4.90 Å². The first kappa shape index (κ1) is 24.5. The lowest BCUT2D eigenvalue weighted by molar-refractivity contribution is 0.115.